The minimum Gasteiger partial charge on any atom is -0.406 e. The van der Waals surface area contributed by atoms with E-state index in [0.717, 1.165) is 55.8 Å². The van der Waals surface area contributed by atoms with Gasteiger partial charge in [-0.1, -0.05) is 6.07 Å². The first-order valence-electron chi connectivity index (χ1n) is 9.44. The molecule has 2 aliphatic rings. The van der Waals surface area contributed by atoms with Crippen molar-refractivity contribution in [3.05, 3.63) is 53.6 Å². The van der Waals surface area contributed by atoms with E-state index in [9.17, 15) is 21.6 Å². The molecule has 0 aromatic heterocycles. The fourth-order valence-electron chi connectivity index (χ4n) is 3.65. The molecule has 0 radical (unpaired) electrons. The molecule has 0 amide bonds. The Balaban J connectivity index is 0.00000256. The van der Waals surface area contributed by atoms with Crippen molar-refractivity contribution in [2.75, 3.05) is 17.8 Å². The summed E-state index contributed by atoms with van der Waals surface area (Å²) in [7, 11) is -3.92. The van der Waals surface area contributed by atoms with Gasteiger partial charge in [0.25, 0.3) is 10.0 Å². The van der Waals surface area contributed by atoms with Gasteiger partial charge in [-0.15, -0.1) is 25.6 Å². The van der Waals surface area contributed by atoms with E-state index in [0.29, 0.717) is 11.7 Å². The van der Waals surface area contributed by atoms with Crippen LogP contribution < -0.4 is 9.46 Å². The molecule has 1 heterocycles. The van der Waals surface area contributed by atoms with Crippen LogP contribution in [0.25, 0.3) is 0 Å². The van der Waals surface area contributed by atoms with Gasteiger partial charge in [0.15, 0.2) is 0 Å². The van der Waals surface area contributed by atoms with Crippen LogP contribution in [0.3, 0.4) is 0 Å². The molecule has 30 heavy (non-hydrogen) atoms. The summed E-state index contributed by atoms with van der Waals surface area (Å²) in [6, 6.07) is 10.3. The molecule has 2 aromatic rings. The van der Waals surface area contributed by atoms with Gasteiger partial charge in [0.2, 0.25) is 0 Å². The minimum absolute atomic E-state index is 0. The van der Waals surface area contributed by atoms with Crippen LogP contribution >= 0.6 is 12.4 Å². The van der Waals surface area contributed by atoms with Gasteiger partial charge >= 0.3 is 6.36 Å². The molecule has 5 nitrogen and oxygen atoms in total. The highest BCUT2D eigenvalue weighted by atomic mass is 35.5. The van der Waals surface area contributed by atoms with Crippen molar-refractivity contribution in [2.45, 2.75) is 43.0 Å². The molecular formula is C20H22ClF3N2O3S. The third kappa shape index (κ3) is 5.59. The predicted molar refractivity (Wildman–Crippen MR) is 110 cm³/mol. The van der Waals surface area contributed by atoms with Crippen LogP contribution in [0, 0.1) is 0 Å². The molecule has 0 saturated heterocycles. The topological polar surface area (TPSA) is 58.6 Å². The second kappa shape index (κ2) is 8.64. The maximum absolute atomic E-state index is 12.6. The molecule has 1 N–H and O–H groups in total. The third-order valence-electron chi connectivity index (χ3n) is 5.23. The van der Waals surface area contributed by atoms with E-state index < -0.39 is 22.1 Å². The summed E-state index contributed by atoms with van der Waals surface area (Å²) in [5, 5.41) is 0. The van der Waals surface area contributed by atoms with Crippen molar-refractivity contribution in [3.63, 3.8) is 0 Å². The highest BCUT2D eigenvalue weighted by Gasteiger charge is 2.31. The van der Waals surface area contributed by atoms with E-state index >= 15 is 0 Å². The Hall–Kier alpha value is -1.97. The number of sulfonamides is 1. The molecule has 0 bridgehead atoms. The monoisotopic (exact) mass is 462 g/mol. The highest BCUT2D eigenvalue weighted by Crippen LogP contribution is 2.30. The van der Waals surface area contributed by atoms with Gasteiger partial charge in [-0.3, -0.25) is 9.62 Å². The zero-order chi connectivity index (χ0) is 20.6. The van der Waals surface area contributed by atoms with E-state index in [2.05, 4.69) is 14.4 Å². The smallest absolute Gasteiger partial charge is 0.406 e. The van der Waals surface area contributed by atoms with Gasteiger partial charge in [0, 0.05) is 24.8 Å². The summed E-state index contributed by atoms with van der Waals surface area (Å²) in [6.07, 6.45) is -0.498. The maximum Gasteiger partial charge on any atom is 0.573 e. The number of benzene rings is 2. The Morgan fingerprint density at radius 1 is 0.967 bits per heavy atom. The maximum atomic E-state index is 12.6. The Bertz CT molecular complexity index is 993. The molecule has 2 aromatic carbocycles. The Labute approximate surface area is 179 Å². The summed E-state index contributed by atoms with van der Waals surface area (Å²) in [5.74, 6) is -0.471. The molecule has 0 unspecified atom stereocenters. The molecule has 164 valence electrons. The molecule has 4 rings (SSSR count). The fourth-order valence-corrected chi connectivity index (χ4v) is 4.69. The van der Waals surface area contributed by atoms with E-state index in [1.165, 1.54) is 18.4 Å². The zero-order valence-corrected chi connectivity index (χ0v) is 17.6. The number of nitrogens with zero attached hydrogens (tertiary/aromatic N) is 1. The van der Waals surface area contributed by atoms with Crippen LogP contribution in [-0.2, 0) is 22.9 Å². The summed E-state index contributed by atoms with van der Waals surface area (Å²) < 4.78 is 68.2. The predicted octanol–water partition coefficient (Wildman–Crippen LogP) is 4.37. The number of hydrogen-bond acceptors (Lipinski definition) is 4. The van der Waals surface area contributed by atoms with Crippen LogP contribution in [0.2, 0.25) is 0 Å². The van der Waals surface area contributed by atoms with Crippen molar-refractivity contribution in [1.82, 2.24) is 4.90 Å². The number of rotatable bonds is 5. The van der Waals surface area contributed by atoms with Crippen molar-refractivity contribution < 1.29 is 26.3 Å². The minimum atomic E-state index is -4.82. The van der Waals surface area contributed by atoms with Crippen LogP contribution in [0.15, 0.2) is 47.4 Å². The number of anilines is 1. The van der Waals surface area contributed by atoms with Crippen molar-refractivity contribution in [2.24, 2.45) is 0 Å². The second-order valence-corrected chi connectivity index (χ2v) is 9.06. The molecular weight excluding hydrogens is 441 g/mol. The van der Waals surface area contributed by atoms with Gasteiger partial charge in [-0.2, -0.15) is 0 Å². The van der Waals surface area contributed by atoms with Crippen molar-refractivity contribution in [3.8, 4) is 5.75 Å². The molecule has 1 saturated carbocycles. The summed E-state index contributed by atoms with van der Waals surface area (Å²) >= 11 is 0. The number of alkyl halides is 3. The van der Waals surface area contributed by atoms with E-state index in [4.69, 9.17) is 0 Å². The largest absolute Gasteiger partial charge is 0.573 e. The van der Waals surface area contributed by atoms with Gasteiger partial charge in [-0.25, -0.2) is 8.42 Å². The summed E-state index contributed by atoms with van der Waals surface area (Å²) in [5.41, 5.74) is 2.80. The average molecular weight is 463 g/mol. The molecule has 1 fully saturated rings. The van der Waals surface area contributed by atoms with Crippen LogP contribution in [0.5, 0.6) is 5.75 Å². The lowest BCUT2D eigenvalue weighted by atomic mass is 10.0. The Morgan fingerprint density at radius 2 is 1.60 bits per heavy atom. The first kappa shape index (κ1) is 22.7. The SMILES string of the molecule is Cl.O=S(=O)(Nc1ccc2c(c1)CCN(C1CC1)CC2)c1ccc(OC(F)(F)F)cc1. The number of halogens is 4. The fraction of sp³-hybridized carbons (Fsp3) is 0.400. The molecule has 10 heteroatoms. The van der Waals surface area contributed by atoms with Crippen molar-refractivity contribution in [1.29, 1.82) is 0 Å². The first-order chi connectivity index (χ1) is 13.7. The molecule has 0 spiro atoms. The van der Waals surface area contributed by atoms with E-state index in [1.54, 1.807) is 6.07 Å². The molecule has 1 aliphatic heterocycles. The second-order valence-electron chi connectivity index (χ2n) is 7.38. The summed E-state index contributed by atoms with van der Waals surface area (Å²) in [6.45, 7) is 1.99. The van der Waals surface area contributed by atoms with Gasteiger partial charge in [0.05, 0.1) is 4.90 Å². The molecule has 1 aliphatic carbocycles. The quantitative estimate of drug-likeness (QED) is 0.716. The first-order valence-corrected chi connectivity index (χ1v) is 10.9. The molecule has 0 atom stereocenters. The van der Waals surface area contributed by atoms with Gasteiger partial charge < -0.3 is 4.74 Å². The van der Waals surface area contributed by atoms with Crippen LogP contribution in [0.1, 0.15) is 24.0 Å². The lowest BCUT2D eigenvalue weighted by molar-refractivity contribution is -0.274. The number of fused-ring (bicyclic) bond motifs is 1. The summed E-state index contributed by atoms with van der Waals surface area (Å²) in [4.78, 5) is 2.36. The van der Waals surface area contributed by atoms with E-state index in [-0.39, 0.29) is 17.3 Å². The van der Waals surface area contributed by atoms with Crippen LogP contribution in [0.4, 0.5) is 18.9 Å². The van der Waals surface area contributed by atoms with Crippen molar-refractivity contribution >= 4 is 28.1 Å². The normalized spacial score (nSPS) is 17.4. The van der Waals surface area contributed by atoms with E-state index in [1.807, 2.05) is 12.1 Å². The van der Waals surface area contributed by atoms with Gasteiger partial charge in [-0.05, 0) is 73.2 Å². The van der Waals surface area contributed by atoms with Gasteiger partial charge in [0.1, 0.15) is 5.75 Å². The number of hydrogen-bond donors (Lipinski definition) is 1. The third-order valence-corrected chi connectivity index (χ3v) is 6.62. The number of ether oxygens (including phenoxy) is 1. The lowest BCUT2D eigenvalue weighted by Crippen LogP contribution is -2.28. The average Bonchev–Trinajstić information content (AvgIpc) is 3.47. The Morgan fingerprint density at radius 3 is 2.20 bits per heavy atom. The highest BCUT2D eigenvalue weighted by molar-refractivity contribution is 7.92. The standard InChI is InChI=1S/C20H21F3N2O3S.ClH/c21-20(22,23)28-18-5-7-19(8-6-18)29(26,27)24-16-2-1-14-9-11-25(17-3-4-17)12-10-15(14)13-16;/h1-2,5-8,13,17,24H,3-4,9-12H2;1H. The Kier molecular flexibility index (Phi) is 6.54. The number of nitrogens with one attached hydrogen (secondary N) is 1. The van der Waals surface area contributed by atoms with Crippen LogP contribution in [-0.4, -0.2) is 38.8 Å². The lowest BCUT2D eigenvalue weighted by Gasteiger charge is -2.18. The zero-order valence-electron chi connectivity index (χ0n) is 16.0.